The summed E-state index contributed by atoms with van der Waals surface area (Å²) in [6.07, 6.45) is 0. The molecular formula is C20H22ClN4O+. The van der Waals surface area contributed by atoms with Crippen LogP contribution in [0.1, 0.15) is 11.5 Å². The summed E-state index contributed by atoms with van der Waals surface area (Å²) < 4.78 is 5.45. The summed E-state index contributed by atoms with van der Waals surface area (Å²) in [7, 11) is 0. The zero-order valence-corrected chi connectivity index (χ0v) is 15.5. The first-order chi connectivity index (χ1) is 12.7. The molecule has 1 saturated heterocycles. The normalized spacial score (nSPS) is 15.4. The third-order valence-corrected chi connectivity index (χ3v) is 5.15. The second-order valence-corrected chi connectivity index (χ2v) is 7.16. The van der Waals surface area contributed by atoms with Gasteiger partial charge in [0.15, 0.2) is 6.54 Å². The van der Waals surface area contributed by atoms with E-state index in [1.165, 1.54) is 16.2 Å². The summed E-state index contributed by atoms with van der Waals surface area (Å²) in [5, 5.41) is 4.81. The Kier molecular flexibility index (Phi) is 4.91. The highest BCUT2D eigenvalue weighted by Gasteiger charge is 2.23. The number of piperazine rings is 1. The average Bonchev–Trinajstić information content (AvgIpc) is 3.12. The molecule has 0 radical (unpaired) electrons. The molecule has 3 aromatic rings. The fourth-order valence-electron chi connectivity index (χ4n) is 3.42. The van der Waals surface area contributed by atoms with E-state index < -0.39 is 0 Å². The van der Waals surface area contributed by atoms with Crippen molar-refractivity contribution in [2.75, 3.05) is 31.1 Å². The molecule has 0 saturated carbocycles. The number of nitrogens with zero attached hydrogens (tertiary/aromatic N) is 3. The van der Waals surface area contributed by atoms with E-state index in [-0.39, 0.29) is 0 Å². The number of para-hydroxylation sites is 1. The molecule has 134 valence electrons. The molecule has 0 unspecified atom stereocenters. The molecule has 1 aromatic heterocycles. The van der Waals surface area contributed by atoms with Crippen molar-refractivity contribution >= 4 is 17.3 Å². The van der Waals surface area contributed by atoms with Gasteiger partial charge in [0.2, 0.25) is 5.82 Å². The molecule has 2 heterocycles. The summed E-state index contributed by atoms with van der Waals surface area (Å²) in [6, 6.07) is 16.1. The second kappa shape index (κ2) is 7.48. The van der Waals surface area contributed by atoms with Crippen molar-refractivity contribution in [1.29, 1.82) is 0 Å². The molecule has 6 heteroatoms. The number of nitrogens with one attached hydrogen (secondary N) is 1. The summed E-state index contributed by atoms with van der Waals surface area (Å²) in [4.78, 5) is 8.48. The van der Waals surface area contributed by atoms with Crippen LogP contribution in [-0.2, 0) is 6.54 Å². The standard InChI is InChI=1S/C20H21ClN4O/c1-15-4-2-3-5-18(15)25-12-10-24(11-13-25)14-19-22-20(23-26-19)16-6-8-17(21)9-7-16/h2-9H,10-14H2,1H3/p+1. The predicted molar refractivity (Wildman–Crippen MR) is 103 cm³/mol. The Morgan fingerprint density at radius 3 is 2.54 bits per heavy atom. The highest BCUT2D eigenvalue weighted by molar-refractivity contribution is 6.30. The van der Waals surface area contributed by atoms with Crippen molar-refractivity contribution in [1.82, 2.24) is 10.1 Å². The summed E-state index contributed by atoms with van der Waals surface area (Å²) >= 11 is 5.93. The third kappa shape index (κ3) is 3.74. The van der Waals surface area contributed by atoms with Crippen LogP contribution in [0.3, 0.4) is 0 Å². The van der Waals surface area contributed by atoms with Gasteiger partial charge in [-0.15, -0.1) is 0 Å². The maximum atomic E-state index is 5.93. The van der Waals surface area contributed by atoms with Crippen LogP contribution in [0.15, 0.2) is 53.1 Å². The van der Waals surface area contributed by atoms with Crippen molar-refractivity contribution in [3.63, 3.8) is 0 Å². The highest BCUT2D eigenvalue weighted by atomic mass is 35.5. The Morgan fingerprint density at radius 2 is 1.81 bits per heavy atom. The highest BCUT2D eigenvalue weighted by Crippen LogP contribution is 2.20. The van der Waals surface area contributed by atoms with E-state index in [2.05, 4.69) is 46.2 Å². The first-order valence-corrected chi connectivity index (χ1v) is 9.29. The smallest absolute Gasteiger partial charge is 0.282 e. The molecule has 26 heavy (non-hydrogen) atoms. The SMILES string of the molecule is Cc1ccccc1N1CC[NH+](Cc2nc(-c3ccc(Cl)cc3)no2)CC1. The number of hydrogen-bond donors (Lipinski definition) is 1. The maximum absolute atomic E-state index is 5.93. The summed E-state index contributed by atoms with van der Waals surface area (Å²) in [6.45, 7) is 7.14. The number of quaternary nitrogens is 1. The molecule has 0 spiro atoms. The molecule has 0 aliphatic carbocycles. The number of halogens is 1. The van der Waals surface area contributed by atoms with Crippen molar-refractivity contribution in [3.8, 4) is 11.4 Å². The van der Waals surface area contributed by atoms with E-state index in [9.17, 15) is 0 Å². The molecule has 1 N–H and O–H groups in total. The Hall–Kier alpha value is -2.37. The maximum Gasteiger partial charge on any atom is 0.282 e. The van der Waals surface area contributed by atoms with Crippen LogP contribution in [0.5, 0.6) is 0 Å². The van der Waals surface area contributed by atoms with Gasteiger partial charge in [-0.2, -0.15) is 4.98 Å². The van der Waals surface area contributed by atoms with Gasteiger partial charge in [-0.25, -0.2) is 0 Å². The molecule has 0 atom stereocenters. The van der Waals surface area contributed by atoms with Crippen molar-refractivity contribution in [3.05, 3.63) is 65.0 Å². The largest absolute Gasteiger partial charge is 0.360 e. The second-order valence-electron chi connectivity index (χ2n) is 6.72. The van der Waals surface area contributed by atoms with Crippen molar-refractivity contribution in [2.45, 2.75) is 13.5 Å². The monoisotopic (exact) mass is 369 g/mol. The molecule has 4 rings (SSSR count). The quantitative estimate of drug-likeness (QED) is 0.768. The zero-order valence-electron chi connectivity index (χ0n) is 14.8. The van der Waals surface area contributed by atoms with Gasteiger partial charge in [0, 0.05) is 16.3 Å². The van der Waals surface area contributed by atoms with Gasteiger partial charge in [-0.3, -0.25) is 0 Å². The van der Waals surface area contributed by atoms with Crippen LogP contribution in [0.4, 0.5) is 5.69 Å². The van der Waals surface area contributed by atoms with E-state index >= 15 is 0 Å². The lowest BCUT2D eigenvalue weighted by atomic mass is 10.1. The van der Waals surface area contributed by atoms with Crippen LogP contribution in [0.25, 0.3) is 11.4 Å². The molecular weight excluding hydrogens is 348 g/mol. The minimum atomic E-state index is 0.620. The molecule has 0 bridgehead atoms. The topological polar surface area (TPSA) is 46.6 Å². The molecule has 0 amide bonds. The van der Waals surface area contributed by atoms with E-state index in [0.29, 0.717) is 16.7 Å². The Bertz CT molecular complexity index is 870. The van der Waals surface area contributed by atoms with Crippen LogP contribution in [-0.4, -0.2) is 36.3 Å². The van der Waals surface area contributed by atoms with Gasteiger partial charge in [0.25, 0.3) is 5.89 Å². The van der Waals surface area contributed by atoms with Gasteiger partial charge in [0.1, 0.15) is 0 Å². The number of rotatable bonds is 4. The Balaban J connectivity index is 1.36. The first kappa shape index (κ1) is 17.1. The number of aromatic nitrogens is 2. The van der Waals surface area contributed by atoms with Gasteiger partial charge in [0.05, 0.1) is 26.2 Å². The number of aryl methyl sites for hydroxylation is 1. The Labute approximate surface area is 158 Å². The van der Waals surface area contributed by atoms with Crippen LogP contribution in [0.2, 0.25) is 5.02 Å². The van der Waals surface area contributed by atoms with Gasteiger partial charge >= 0.3 is 0 Å². The van der Waals surface area contributed by atoms with Crippen molar-refractivity contribution in [2.24, 2.45) is 0 Å². The molecule has 2 aromatic carbocycles. The van der Waals surface area contributed by atoms with Crippen LogP contribution in [0, 0.1) is 6.92 Å². The molecule has 1 fully saturated rings. The minimum absolute atomic E-state index is 0.620. The molecule has 1 aliphatic heterocycles. The molecule has 1 aliphatic rings. The van der Waals surface area contributed by atoms with E-state index in [1.807, 2.05) is 24.3 Å². The fourth-order valence-corrected chi connectivity index (χ4v) is 3.54. The minimum Gasteiger partial charge on any atom is -0.360 e. The lowest BCUT2D eigenvalue weighted by Crippen LogP contribution is -3.13. The number of hydrogen-bond acceptors (Lipinski definition) is 4. The van der Waals surface area contributed by atoms with E-state index in [1.54, 1.807) is 0 Å². The number of benzene rings is 2. The van der Waals surface area contributed by atoms with Gasteiger partial charge in [-0.05, 0) is 42.8 Å². The lowest BCUT2D eigenvalue weighted by Gasteiger charge is -2.33. The predicted octanol–water partition coefficient (Wildman–Crippen LogP) is 2.60. The average molecular weight is 370 g/mol. The van der Waals surface area contributed by atoms with Crippen LogP contribution >= 0.6 is 11.6 Å². The van der Waals surface area contributed by atoms with E-state index in [0.717, 1.165) is 38.3 Å². The lowest BCUT2D eigenvalue weighted by molar-refractivity contribution is -0.915. The van der Waals surface area contributed by atoms with Gasteiger partial charge < -0.3 is 14.3 Å². The molecule has 5 nitrogen and oxygen atoms in total. The Morgan fingerprint density at radius 1 is 1.08 bits per heavy atom. The van der Waals surface area contributed by atoms with Crippen LogP contribution < -0.4 is 9.80 Å². The fraction of sp³-hybridized carbons (Fsp3) is 0.300. The number of anilines is 1. The van der Waals surface area contributed by atoms with Gasteiger partial charge in [-0.1, -0.05) is 35.0 Å². The first-order valence-electron chi connectivity index (χ1n) is 8.92. The summed E-state index contributed by atoms with van der Waals surface area (Å²) in [5.41, 5.74) is 3.60. The zero-order chi connectivity index (χ0) is 17.9. The van der Waals surface area contributed by atoms with Crippen molar-refractivity contribution < 1.29 is 9.42 Å². The third-order valence-electron chi connectivity index (χ3n) is 4.90. The van der Waals surface area contributed by atoms with E-state index in [4.69, 9.17) is 16.1 Å². The summed E-state index contributed by atoms with van der Waals surface area (Å²) in [5.74, 6) is 1.31.